The largest absolute Gasteiger partial charge is 0.363 e. The molecule has 118 valence electrons. The molecular formula is C17H23N3O2. The van der Waals surface area contributed by atoms with Crippen molar-refractivity contribution in [1.29, 1.82) is 0 Å². The van der Waals surface area contributed by atoms with Crippen molar-refractivity contribution >= 4 is 17.5 Å². The molecule has 5 heteroatoms. The van der Waals surface area contributed by atoms with E-state index in [1.54, 1.807) is 6.07 Å². The van der Waals surface area contributed by atoms with Gasteiger partial charge in [-0.05, 0) is 31.4 Å². The minimum atomic E-state index is -0.199. The van der Waals surface area contributed by atoms with E-state index in [9.17, 15) is 9.59 Å². The van der Waals surface area contributed by atoms with Crippen molar-refractivity contribution in [1.82, 2.24) is 10.4 Å². The zero-order chi connectivity index (χ0) is 15.5. The van der Waals surface area contributed by atoms with Gasteiger partial charge in [0.25, 0.3) is 5.91 Å². The van der Waals surface area contributed by atoms with Gasteiger partial charge in [0.05, 0.1) is 5.56 Å². The second kappa shape index (κ2) is 6.38. The van der Waals surface area contributed by atoms with Gasteiger partial charge in [0.15, 0.2) is 0 Å². The van der Waals surface area contributed by atoms with E-state index in [0.717, 1.165) is 37.8 Å². The van der Waals surface area contributed by atoms with E-state index >= 15 is 0 Å². The van der Waals surface area contributed by atoms with Crippen LogP contribution in [0.1, 0.15) is 55.8 Å². The molecule has 5 nitrogen and oxygen atoms in total. The number of rotatable bonds is 3. The molecule has 22 heavy (non-hydrogen) atoms. The third-order valence-corrected chi connectivity index (χ3v) is 4.60. The van der Waals surface area contributed by atoms with Crippen LogP contribution in [0, 0.1) is 5.92 Å². The molecular weight excluding hydrogens is 278 g/mol. The number of nitrogens with one attached hydrogen (secondary N) is 2. The Balaban J connectivity index is 1.76. The highest BCUT2D eigenvalue weighted by molar-refractivity contribution is 6.02. The fourth-order valence-corrected chi connectivity index (χ4v) is 3.30. The third kappa shape index (κ3) is 2.80. The Labute approximate surface area is 131 Å². The Morgan fingerprint density at radius 2 is 2.00 bits per heavy atom. The number of hydrazine groups is 1. The quantitative estimate of drug-likeness (QED) is 0.902. The van der Waals surface area contributed by atoms with Crippen LogP contribution >= 0.6 is 0 Å². The first-order chi connectivity index (χ1) is 10.7. The Morgan fingerprint density at radius 1 is 1.27 bits per heavy atom. The molecule has 2 N–H and O–H groups in total. The van der Waals surface area contributed by atoms with Crippen molar-refractivity contribution < 1.29 is 9.59 Å². The number of carbonyl (C=O) groups excluding carboxylic acids is 2. The van der Waals surface area contributed by atoms with Crippen molar-refractivity contribution in [2.24, 2.45) is 5.92 Å². The summed E-state index contributed by atoms with van der Waals surface area (Å²) < 4.78 is 0. The molecule has 0 saturated heterocycles. The van der Waals surface area contributed by atoms with Gasteiger partial charge in [-0.2, -0.15) is 0 Å². The van der Waals surface area contributed by atoms with E-state index in [0.29, 0.717) is 5.56 Å². The van der Waals surface area contributed by atoms with Gasteiger partial charge in [-0.15, -0.1) is 0 Å². The van der Waals surface area contributed by atoms with Gasteiger partial charge in [0.2, 0.25) is 5.91 Å². The van der Waals surface area contributed by atoms with Crippen LogP contribution < -0.4 is 10.7 Å². The number of hydrogen-bond donors (Lipinski definition) is 2. The fraction of sp³-hybridized carbons (Fsp3) is 0.529. The molecule has 2 amide bonds. The molecule has 3 rings (SSSR count). The average molecular weight is 301 g/mol. The fourth-order valence-electron chi connectivity index (χ4n) is 3.30. The van der Waals surface area contributed by atoms with Crippen LogP contribution in [0.15, 0.2) is 24.3 Å². The second-order valence-corrected chi connectivity index (χ2v) is 6.10. The highest BCUT2D eigenvalue weighted by Crippen LogP contribution is 2.27. The summed E-state index contributed by atoms with van der Waals surface area (Å²) in [5, 5.41) is 4.80. The van der Waals surface area contributed by atoms with E-state index in [1.807, 2.05) is 25.1 Å². The Bertz CT molecular complexity index is 567. The molecule has 1 fully saturated rings. The topological polar surface area (TPSA) is 61.4 Å². The van der Waals surface area contributed by atoms with Gasteiger partial charge in [0.1, 0.15) is 6.17 Å². The number of nitrogens with zero attached hydrogens (tertiary/aromatic N) is 1. The van der Waals surface area contributed by atoms with Gasteiger partial charge >= 0.3 is 0 Å². The van der Waals surface area contributed by atoms with Crippen LogP contribution in [0.2, 0.25) is 0 Å². The van der Waals surface area contributed by atoms with Crippen LogP contribution in [0.4, 0.5) is 5.69 Å². The molecule has 2 aliphatic rings. The lowest BCUT2D eigenvalue weighted by Gasteiger charge is -2.38. The molecule has 1 atom stereocenters. The Morgan fingerprint density at radius 3 is 2.73 bits per heavy atom. The number of amides is 2. The molecule has 1 aliphatic heterocycles. The monoisotopic (exact) mass is 301 g/mol. The maximum atomic E-state index is 12.7. The lowest BCUT2D eigenvalue weighted by Crippen LogP contribution is -2.58. The van der Waals surface area contributed by atoms with Crippen molar-refractivity contribution in [3.05, 3.63) is 29.8 Å². The molecule has 1 unspecified atom stereocenters. The predicted molar refractivity (Wildman–Crippen MR) is 85.0 cm³/mol. The van der Waals surface area contributed by atoms with Gasteiger partial charge in [-0.1, -0.05) is 38.3 Å². The summed E-state index contributed by atoms with van der Waals surface area (Å²) in [6.07, 6.45) is 5.79. The zero-order valence-electron chi connectivity index (χ0n) is 13.0. The number of para-hydroxylation sites is 1. The standard InChI is InChI=1S/C17H23N3O2/c1-2-15-18-14-11-7-6-10-13(14)17(22)20(15)19-16(21)12-8-4-3-5-9-12/h6-7,10-12,15,18H,2-5,8-9H2,1H3,(H,19,21). The molecule has 0 spiro atoms. The lowest BCUT2D eigenvalue weighted by atomic mass is 9.89. The smallest absolute Gasteiger partial charge is 0.276 e. The van der Waals surface area contributed by atoms with E-state index in [1.165, 1.54) is 11.4 Å². The lowest BCUT2D eigenvalue weighted by molar-refractivity contribution is -0.130. The van der Waals surface area contributed by atoms with Gasteiger partial charge in [-0.3, -0.25) is 15.0 Å². The highest BCUT2D eigenvalue weighted by Gasteiger charge is 2.33. The minimum Gasteiger partial charge on any atom is -0.363 e. The molecule has 1 aromatic rings. The van der Waals surface area contributed by atoms with Crippen LogP contribution in [-0.2, 0) is 4.79 Å². The van der Waals surface area contributed by atoms with Crippen LogP contribution in [-0.4, -0.2) is 23.0 Å². The molecule has 0 aromatic heterocycles. The first-order valence-corrected chi connectivity index (χ1v) is 8.20. The molecule has 1 heterocycles. The Hall–Kier alpha value is -2.04. The van der Waals surface area contributed by atoms with Crippen molar-refractivity contribution in [2.45, 2.75) is 51.6 Å². The number of hydrogen-bond acceptors (Lipinski definition) is 3. The van der Waals surface area contributed by atoms with Crippen LogP contribution in [0.25, 0.3) is 0 Å². The number of benzene rings is 1. The van der Waals surface area contributed by atoms with Gasteiger partial charge in [0, 0.05) is 11.6 Å². The number of fused-ring (bicyclic) bond motifs is 1. The normalized spacial score (nSPS) is 22.0. The summed E-state index contributed by atoms with van der Waals surface area (Å²) in [5.74, 6) is -0.116. The second-order valence-electron chi connectivity index (χ2n) is 6.10. The summed E-state index contributed by atoms with van der Waals surface area (Å²) in [5.41, 5.74) is 4.31. The first kappa shape index (κ1) is 14.9. The summed E-state index contributed by atoms with van der Waals surface area (Å²) in [7, 11) is 0. The maximum absolute atomic E-state index is 12.7. The summed E-state index contributed by atoms with van der Waals surface area (Å²) in [6, 6.07) is 7.43. The van der Waals surface area contributed by atoms with Crippen LogP contribution in [0.5, 0.6) is 0 Å². The van der Waals surface area contributed by atoms with Crippen molar-refractivity contribution in [3.8, 4) is 0 Å². The van der Waals surface area contributed by atoms with Crippen LogP contribution in [0.3, 0.4) is 0 Å². The van der Waals surface area contributed by atoms with E-state index in [-0.39, 0.29) is 23.9 Å². The summed E-state index contributed by atoms with van der Waals surface area (Å²) >= 11 is 0. The van der Waals surface area contributed by atoms with Crippen molar-refractivity contribution in [3.63, 3.8) is 0 Å². The third-order valence-electron chi connectivity index (χ3n) is 4.60. The molecule has 0 bridgehead atoms. The van der Waals surface area contributed by atoms with Crippen molar-refractivity contribution in [2.75, 3.05) is 5.32 Å². The number of carbonyl (C=O) groups is 2. The summed E-state index contributed by atoms with van der Waals surface area (Å²) in [6.45, 7) is 2.00. The first-order valence-electron chi connectivity index (χ1n) is 8.20. The number of anilines is 1. The van der Waals surface area contributed by atoms with E-state index < -0.39 is 0 Å². The predicted octanol–water partition coefficient (Wildman–Crippen LogP) is 2.90. The van der Waals surface area contributed by atoms with Gasteiger partial charge in [-0.25, -0.2) is 5.01 Å². The molecule has 1 aromatic carbocycles. The van der Waals surface area contributed by atoms with Gasteiger partial charge < -0.3 is 5.32 Å². The highest BCUT2D eigenvalue weighted by atomic mass is 16.2. The maximum Gasteiger partial charge on any atom is 0.276 e. The zero-order valence-corrected chi connectivity index (χ0v) is 13.0. The van der Waals surface area contributed by atoms with E-state index in [4.69, 9.17) is 0 Å². The minimum absolute atomic E-state index is 0.0207. The van der Waals surface area contributed by atoms with E-state index in [2.05, 4.69) is 10.7 Å². The molecule has 1 aliphatic carbocycles. The average Bonchev–Trinajstić information content (AvgIpc) is 2.58. The SMILES string of the molecule is CCC1Nc2ccccc2C(=O)N1NC(=O)C1CCCCC1. The molecule has 0 radical (unpaired) electrons. The molecule has 1 saturated carbocycles. The summed E-state index contributed by atoms with van der Waals surface area (Å²) in [4.78, 5) is 25.1. The Kier molecular flexibility index (Phi) is 4.32.